The number of aromatic carboxylic acids is 1. The Hall–Kier alpha value is -3.50. The van der Waals surface area contributed by atoms with Crippen LogP contribution in [0.25, 0.3) is 16.2 Å². The fraction of sp³-hybridized carbons (Fsp3) is 0. The highest BCUT2D eigenvalue weighted by molar-refractivity contribution is 7.16. The zero-order valence-electron chi connectivity index (χ0n) is 13.2. The lowest BCUT2D eigenvalue weighted by Crippen LogP contribution is -2.04. The molecule has 1 aromatic carbocycles. The summed E-state index contributed by atoms with van der Waals surface area (Å²) in [6, 6.07) is 11.3. The average molecular weight is 363 g/mol. The van der Waals surface area contributed by atoms with E-state index >= 15 is 0 Å². The maximum atomic E-state index is 13.2. The van der Waals surface area contributed by atoms with Crippen molar-refractivity contribution in [2.24, 2.45) is 0 Å². The number of thiophene rings is 1. The first-order chi connectivity index (χ1) is 12.6. The van der Waals surface area contributed by atoms with Crippen LogP contribution in [-0.4, -0.2) is 25.7 Å². The van der Waals surface area contributed by atoms with Crippen molar-refractivity contribution in [3.8, 4) is 22.4 Å². The average Bonchev–Trinajstić information content (AvgIpc) is 3.27. The lowest BCUT2D eigenvalue weighted by molar-refractivity contribution is 0.0696. The number of benzene rings is 1. The fourth-order valence-electron chi connectivity index (χ4n) is 2.43. The van der Waals surface area contributed by atoms with Gasteiger partial charge in [0, 0.05) is 17.8 Å². The smallest absolute Gasteiger partial charge is 0.339 e. The van der Waals surface area contributed by atoms with Gasteiger partial charge < -0.3 is 5.11 Å². The van der Waals surface area contributed by atoms with Gasteiger partial charge in [0.2, 0.25) is 0 Å². The van der Waals surface area contributed by atoms with E-state index in [-0.39, 0.29) is 11.4 Å². The molecular formula is C19H10FN3O2S. The van der Waals surface area contributed by atoms with Gasteiger partial charge in [-0.2, -0.15) is 5.10 Å². The SMILES string of the molecule is O=C(O)c1cn2nccc2nc1-c1ccc(C#Cc2cccc(F)c2)s1. The number of carbonyl (C=O) groups is 1. The summed E-state index contributed by atoms with van der Waals surface area (Å²) in [6.45, 7) is 0. The van der Waals surface area contributed by atoms with Crippen molar-refractivity contribution in [1.82, 2.24) is 14.6 Å². The third kappa shape index (κ3) is 3.06. The maximum Gasteiger partial charge on any atom is 0.339 e. The van der Waals surface area contributed by atoms with Crippen molar-refractivity contribution in [2.45, 2.75) is 0 Å². The van der Waals surface area contributed by atoms with E-state index in [1.54, 1.807) is 36.5 Å². The Morgan fingerprint density at radius 2 is 2.08 bits per heavy atom. The van der Waals surface area contributed by atoms with Gasteiger partial charge in [-0.3, -0.25) is 0 Å². The van der Waals surface area contributed by atoms with Crippen LogP contribution in [0.15, 0.2) is 54.9 Å². The van der Waals surface area contributed by atoms with Crippen molar-refractivity contribution in [3.05, 3.63) is 76.7 Å². The number of fused-ring (bicyclic) bond motifs is 1. The number of carboxylic acids is 1. The third-order valence-electron chi connectivity index (χ3n) is 3.61. The molecule has 0 aliphatic carbocycles. The number of hydrogen-bond donors (Lipinski definition) is 1. The maximum absolute atomic E-state index is 13.2. The van der Waals surface area contributed by atoms with E-state index in [4.69, 9.17) is 0 Å². The molecule has 26 heavy (non-hydrogen) atoms. The Labute approximate surface area is 151 Å². The highest BCUT2D eigenvalue weighted by Crippen LogP contribution is 2.29. The van der Waals surface area contributed by atoms with Crippen molar-refractivity contribution < 1.29 is 14.3 Å². The molecule has 0 fully saturated rings. The summed E-state index contributed by atoms with van der Waals surface area (Å²) >= 11 is 1.33. The summed E-state index contributed by atoms with van der Waals surface area (Å²) < 4.78 is 14.6. The Kier molecular flexibility index (Phi) is 3.95. The van der Waals surface area contributed by atoms with Crippen LogP contribution < -0.4 is 0 Å². The third-order valence-corrected chi connectivity index (χ3v) is 4.61. The summed E-state index contributed by atoms with van der Waals surface area (Å²) in [7, 11) is 0. The standard InChI is InChI=1S/C19H10FN3O2S/c20-13-3-1-2-12(10-13)4-5-14-6-7-16(26-14)18-15(19(24)25)11-23-17(22-18)8-9-21-23/h1-3,6-11H,(H,24,25). The van der Waals surface area contributed by atoms with E-state index < -0.39 is 5.97 Å². The topological polar surface area (TPSA) is 67.5 Å². The van der Waals surface area contributed by atoms with E-state index in [1.807, 2.05) is 0 Å². The number of rotatable bonds is 2. The summed E-state index contributed by atoms with van der Waals surface area (Å²) in [5, 5.41) is 13.5. The van der Waals surface area contributed by atoms with Gasteiger partial charge in [-0.15, -0.1) is 11.3 Å². The molecule has 126 valence electrons. The lowest BCUT2D eigenvalue weighted by Gasteiger charge is -2.03. The molecule has 0 bridgehead atoms. The van der Waals surface area contributed by atoms with E-state index in [1.165, 1.54) is 34.2 Å². The van der Waals surface area contributed by atoms with Crippen LogP contribution in [0.3, 0.4) is 0 Å². The van der Waals surface area contributed by atoms with Crippen LogP contribution in [0.5, 0.6) is 0 Å². The van der Waals surface area contributed by atoms with E-state index in [2.05, 4.69) is 21.9 Å². The van der Waals surface area contributed by atoms with Crippen molar-refractivity contribution in [2.75, 3.05) is 0 Å². The van der Waals surface area contributed by atoms with Gasteiger partial charge in [0.25, 0.3) is 0 Å². The first-order valence-electron chi connectivity index (χ1n) is 7.55. The van der Waals surface area contributed by atoms with Gasteiger partial charge in [-0.25, -0.2) is 18.7 Å². The zero-order valence-corrected chi connectivity index (χ0v) is 14.0. The van der Waals surface area contributed by atoms with Gasteiger partial charge in [-0.05, 0) is 30.3 Å². The Bertz CT molecular complexity index is 1200. The Morgan fingerprint density at radius 1 is 1.19 bits per heavy atom. The minimum Gasteiger partial charge on any atom is -0.478 e. The fourth-order valence-corrected chi connectivity index (χ4v) is 3.29. The van der Waals surface area contributed by atoms with Gasteiger partial charge in [0.15, 0.2) is 5.65 Å². The number of halogens is 1. The van der Waals surface area contributed by atoms with Crippen LogP contribution in [0.4, 0.5) is 4.39 Å². The molecular weight excluding hydrogens is 353 g/mol. The van der Waals surface area contributed by atoms with Crippen LogP contribution in [0, 0.1) is 17.7 Å². The molecule has 5 nitrogen and oxygen atoms in total. The first-order valence-corrected chi connectivity index (χ1v) is 8.37. The molecule has 0 radical (unpaired) electrons. The molecule has 3 aromatic heterocycles. The molecule has 3 heterocycles. The molecule has 0 saturated heterocycles. The molecule has 0 amide bonds. The molecule has 7 heteroatoms. The summed E-state index contributed by atoms with van der Waals surface area (Å²) in [5.74, 6) is 4.45. The van der Waals surface area contributed by atoms with Gasteiger partial charge in [-0.1, -0.05) is 17.9 Å². The Morgan fingerprint density at radius 3 is 2.88 bits per heavy atom. The Balaban J connectivity index is 1.73. The molecule has 0 aliphatic rings. The van der Waals surface area contributed by atoms with Crippen LogP contribution in [0.1, 0.15) is 20.8 Å². The number of carboxylic acid groups (broad SMARTS) is 1. The largest absolute Gasteiger partial charge is 0.478 e. The normalized spacial score (nSPS) is 10.5. The summed E-state index contributed by atoms with van der Waals surface area (Å²) in [4.78, 5) is 17.4. The molecule has 0 atom stereocenters. The van der Waals surface area contributed by atoms with Crippen LogP contribution >= 0.6 is 11.3 Å². The molecule has 4 rings (SSSR count). The predicted octanol–water partition coefficient (Wildman–Crippen LogP) is 3.69. The van der Waals surface area contributed by atoms with Crippen LogP contribution in [0.2, 0.25) is 0 Å². The second-order valence-corrected chi connectivity index (χ2v) is 6.45. The molecule has 0 saturated carbocycles. The van der Waals surface area contributed by atoms with E-state index in [9.17, 15) is 14.3 Å². The van der Waals surface area contributed by atoms with E-state index in [0.717, 1.165) is 4.88 Å². The predicted molar refractivity (Wildman–Crippen MR) is 95.6 cm³/mol. The van der Waals surface area contributed by atoms with Crippen molar-refractivity contribution in [1.29, 1.82) is 0 Å². The molecule has 0 aliphatic heterocycles. The number of nitrogens with zero attached hydrogens (tertiary/aromatic N) is 3. The quantitative estimate of drug-likeness (QED) is 0.552. The van der Waals surface area contributed by atoms with Gasteiger partial charge in [0.05, 0.1) is 21.6 Å². The zero-order chi connectivity index (χ0) is 18.1. The first kappa shape index (κ1) is 16.0. The molecule has 0 spiro atoms. The lowest BCUT2D eigenvalue weighted by atomic mass is 10.2. The molecule has 1 N–H and O–H groups in total. The van der Waals surface area contributed by atoms with Crippen molar-refractivity contribution in [3.63, 3.8) is 0 Å². The summed E-state index contributed by atoms with van der Waals surface area (Å²) in [6.07, 6.45) is 3.00. The monoisotopic (exact) mass is 363 g/mol. The van der Waals surface area contributed by atoms with Gasteiger partial charge >= 0.3 is 5.97 Å². The highest BCUT2D eigenvalue weighted by atomic mass is 32.1. The van der Waals surface area contributed by atoms with Gasteiger partial charge in [0.1, 0.15) is 11.4 Å². The second-order valence-electron chi connectivity index (χ2n) is 5.37. The highest BCUT2D eigenvalue weighted by Gasteiger charge is 2.17. The molecule has 0 unspecified atom stereocenters. The number of aromatic nitrogens is 3. The number of hydrogen-bond acceptors (Lipinski definition) is 4. The van der Waals surface area contributed by atoms with Crippen molar-refractivity contribution >= 4 is 23.0 Å². The summed E-state index contributed by atoms with van der Waals surface area (Å²) in [5.41, 5.74) is 1.57. The van der Waals surface area contributed by atoms with E-state index in [0.29, 0.717) is 21.8 Å². The molecule has 4 aromatic rings. The minimum absolute atomic E-state index is 0.0627. The second kappa shape index (κ2) is 6.43. The minimum atomic E-state index is -1.08. The van der Waals surface area contributed by atoms with Crippen LogP contribution in [-0.2, 0) is 0 Å².